The van der Waals surface area contributed by atoms with Crippen molar-refractivity contribution in [3.8, 4) is 0 Å². The van der Waals surface area contributed by atoms with Gasteiger partial charge in [0, 0.05) is 4.47 Å². The van der Waals surface area contributed by atoms with Gasteiger partial charge in [-0.15, -0.1) is 0 Å². The molecule has 56 heavy (non-hydrogen) atoms. The molecule has 0 bridgehead atoms. The quantitative estimate of drug-likeness (QED) is 0.0918. The highest BCUT2D eigenvalue weighted by atomic mass is 79.9. The first-order valence-electron chi connectivity index (χ1n) is 19.6. The zero-order chi connectivity index (χ0) is 38.5. The molecule has 0 radical (unpaired) electrons. The van der Waals surface area contributed by atoms with Gasteiger partial charge in [0.1, 0.15) is 30.5 Å². The summed E-state index contributed by atoms with van der Waals surface area (Å²) in [5.41, 5.74) is 10.3. The van der Waals surface area contributed by atoms with E-state index in [0.29, 0.717) is 33.0 Å². The van der Waals surface area contributed by atoms with Crippen LogP contribution in [0.3, 0.4) is 0 Å². The summed E-state index contributed by atoms with van der Waals surface area (Å²) in [6.45, 7) is 6.28. The summed E-state index contributed by atoms with van der Waals surface area (Å²) in [6.07, 6.45) is -0.656. The normalized spacial score (nSPS) is 19.5. The Labute approximate surface area is 340 Å². The molecule has 1 aliphatic rings. The fraction of sp³-hybridized carbons (Fsp3) is 0.280. The third kappa shape index (κ3) is 10.7. The van der Waals surface area contributed by atoms with Gasteiger partial charge in [0.15, 0.2) is 0 Å². The van der Waals surface area contributed by atoms with Crippen LogP contribution in [0.15, 0.2) is 162 Å². The van der Waals surface area contributed by atoms with Crippen molar-refractivity contribution in [3.63, 3.8) is 0 Å². The van der Waals surface area contributed by atoms with E-state index in [9.17, 15) is 0 Å². The van der Waals surface area contributed by atoms with Gasteiger partial charge in [0.25, 0.3) is 0 Å². The Balaban J connectivity index is 1.28. The highest BCUT2D eigenvalue weighted by Crippen LogP contribution is 2.41. The van der Waals surface area contributed by atoms with Gasteiger partial charge < -0.3 is 23.7 Å². The molecular formula is C50H51BrO5. The van der Waals surface area contributed by atoms with Crippen LogP contribution >= 0.6 is 15.9 Å². The van der Waals surface area contributed by atoms with Crippen LogP contribution in [0, 0.1) is 6.92 Å². The molecule has 0 aromatic heterocycles. The molecule has 5 atom stereocenters. The zero-order valence-corrected chi connectivity index (χ0v) is 33.9. The van der Waals surface area contributed by atoms with Crippen molar-refractivity contribution in [3.05, 3.63) is 212 Å². The fourth-order valence-electron chi connectivity index (χ4n) is 7.33. The fourth-order valence-corrected chi connectivity index (χ4v) is 7.93. The van der Waals surface area contributed by atoms with E-state index >= 15 is 0 Å². The Kier molecular flexibility index (Phi) is 14.3. The van der Waals surface area contributed by atoms with Gasteiger partial charge in [-0.05, 0) is 75.9 Å². The average Bonchev–Trinajstić information content (AvgIpc) is 3.24. The zero-order valence-electron chi connectivity index (χ0n) is 32.3. The molecule has 0 spiro atoms. The first kappa shape index (κ1) is 39.8. The number of hydrogen-bond acceptors (Lipinski definition) is 5. The Morgan fingerprint density at radius 2 is 0.982 bits per heavy atom. The van der Waals surface area contributed by atoms with Crippen molar-refractivity contribution in [2.75, 3.05) is 6.61 Å². The molecular weight excluding hydrogens is 760 g/mol. The largest absolute Gasteiger partial charge is 0.374 e. The molecule has 1 saturated heterocycles. The molecule has 0 amide bonds. The van der Waals surface area contributed by atoms with E-state index in [1.54, 1.807) is 0 Å². The number of benzene rings is 6. The number of rotatable bonds is 17. The van der Waals surface area contributed by atoms with E-state index in [0.717, 1.165) is 50.7 Å². The Morgan fingerprint density at radius 3 is 1.50 bits per heavy atom. The molecule has 6 aromatic rings. The van der Waals surface area contributed by atoms with Crippen LogP contribution < -0.4 is 0 Å². The van der Waals surface area contributed by atoms with Crippen molar-refractivity contribution in [1.29, 1.82) is 0 Å². The van der Waals surface area contributed by atoms with Gasteiger partial charge in [-0.2, -0.15) is 0 Å². The lowest BCUT2D eigenvalue weighted by molar-refractivity contribution is -0.275. The molecule has 0 N–H and O–H groups in total. The lowest BCUT2D eigenvalue weighted by atomic mass is 9.87. The second-order valence-electron chi connectivity index (χ2n) is 14.5. The van der Waals surface area contributed by atoms with Crippen molar-refractivity contribution in [1.82, 2.24) is 0 Å². The van der Waals surface area contributed by atoms with Gasteiger partial charge in [-0.1, -0.05) is 175 Å². The van der Waals surface area contributed by atoms with Crippen molar-refractivity contribution >= 4 is 15.9 Å². The predicted octanol–water partition coefficient (Wildman–Crippen LogP) is 11.3. The van der Waals surface area contributed by atoms with E-state index < -0.39 is 30.5 Å². The summed E-state index contributed by atoms with van der Waals surface area (Å²) >= 11 is 3.91. The SMILES string of the molecule is CCc1ccc(Cc2cc([C@@H]3O[C@H](COCc4ccccc4)[C@@H](OCc4ccccc4)[C@H](OCc4ccccc4)[C@H]3OCc3ccccc3)c(C)cc2Br)cc1. The molecule has 1 heterocycles. The first-order valence-corrected chi connectivity index (χ1v) is 20.4. The maximum absolute atomic E-state index is 7.28. The highest BCUT2D eigenvalue weighted by molar-refractivity contribution is 9.10. The molecule has 1 aliphatic heterocycles. The lowest BCUT2D eigenvalue weighted by Gasteiger charge is -2.47. The molecule has 1 fully saturated rings. The lowest BCUT2D eigenvalue weighted by Crippen LogP contribution is -2.58. The summed E-state index contributed by atoms with van der Waals surface area (Å²) in [5, 5.41) is 0. The molecule has 0 saturated carbocycles. The van der Waals surface area contributed by atoms with Crippen LogP contribution in [0.1, 0.15) is 63.1 Å². The molecule has 288 valence electrons. The van der Waals surface area contributed by atoms with Gasteiger partial charge >= 0.3 is 0 Å². The van der Waals surface area contributed by atoms with Gasteiger partial charge in [0.2, 0.25) is 0 Å². The minimum Gasteiger partial charge on any atom is -0.374 e. The summed E-state index contributed by atoms with van der Waals surface area (Å²) in [6, 6.07) is 54.5. The number of ether oxygens (including phenoxy) is 5. The van der Waals surface area contributed by atoms with E-state index in [1.807, 2.05) is 72.8 Å². The van der Waals surface area contributed by atoms with E-state index in [2.05, 4.69) is 115 Å². The molecule has 0 aliphatic carbocycles. The van der Waals surface area contributed by atoms with Gasteiger partial charge in [0.05, 0.1) is 33.0 Å². The highest BCUT2D eigenvalue weighted by Gasteiger charge is 2.49. The Bertz CT molecular complexity index is 2060. The van der Waals surface area contributed by atoms with Gasteiger partial charge in [-0.3, -0.25) is 0 Å². The molecule has 5 nitrogen and oxygen atoms in total. The minimum absolute atomic E-state index is 0.313. The summed E-state index contributed by atoms with van der Waals surface area (Å²) < 4.78 is 35.8. The number of hydrogen-bond donors (Lipinski definition) is 0. The van der Waals surface area contributed by atoms with Crippen molar-refractivity contribution in [2.45, 2.75) is 83.6 Å². The monoisotopic (exact) mass is 810 g/mol. The number of halogens is 1. The van der Waals surface area contributed by atoms with Crippen molar-refractivity contribution < 1.29 is 23.7 Å². The van der Waals surface area contributed by atoms with E-state index in [-0.39, 0.29) is 0 Å². The first-order chi connectivity index (χ1) is 27.5. The van der Waals surface area contributed by atoms with E-state index in [4.69, 9.17) is 23.7 Å². The van der Waals surface area contributed by atoms with Gasteiger partial charge in [-0.25, -0.2) is 0 Å². The van der Waals surface area contributed by atoms with Crippen LogP contribution in [0.2, 0.25) is 0 Å². The summed E-state index contributed by atoms with van der Waals surface area (Å²) in [7, 11) is 0. The third-order valence-electron chi connectivity index (χ3n) is 10.5. The second-order valence-corrected chi connectivity index (χ2v) is 15.4. The third-order valence-corrected chi connectivity index (χ3v) is 11.2. The topological polar surface area (TPSA) is 46.2 Å². The van der Waals surface area contributed by atoms with Crippen molar-refractivity contribution in [2.24, 2.45) is 0 Å². The molecule has 6 heteroatoms. The average molecular weight is 812 g/mol. The minimum atomic E-state index is -0.512. The van der Waals surface area contributed by atoms with E-state index in [1.165, 1.54) is 16.7 Å². The Hall–Kier alpha value is -4.40. The Morgan fingerprint density at radius 1 is 0.518 bits per heavy atom. The second kappa shape index (κ2) is 20.1. The smallest absolute Gasteiger partial charge is 0.117 e. The maximum atomic E-state index is 7.28. The van der Waals surface area contributed by atoms with Crippen LogP contribution in [-0.2, 0) is 63.0 Å². The molecule has 7 rings (SSSR count). The molecule has 0 unspecified atom stereocenters. The summed E-state index contributed by atoms with van der Waals surface area (Å²) in [5.74, 6) is 0. The maximum Gasteiger partial charge on any atom is 0.117 e. The van der Waals surface area contributed by atoms with Crippen LogP contribution in [0.5, 0.6) is 0 Å². The predicted molar refractivity (Wildman–Crippen MR) is 226 cm³/mol. The van der Waals surface area contributed by atoms with Crippen LogP contribution in [-0.4, -0.2) is 31.0 Å². The van der Waals surface area contributed by atoms with Crippen LogP contribution in [0.25, 0.3) is 0 Å². The number of aryl methyl sites for hydroxylation is 2. The van der Waals surface area contributed by atoms with Crippen LogP contribution in [0.4, 0.5) is 0 Å². The molecule has 6 aromatic carbocycles. The summed E-state index contributed by atoms with van der Waals surface area (Å²) in [4.78, 5) is 0. The standard InChI is InChI=1S/C50H51BrO5/c1-3-37-24-26-38(27-25-37)29-43-30-44(36(2)28-45(43)51)47-49(54-33-41-20-12-6-13-21-41)50(55-34-42-22-14-7-15-23-42)48(53-32-40-18-10-5-11-19-40)46(56-47)35-52-31-39-16-8-4-9-17-39/h4-28,30,46-50H,3,29,31-35H2,1-2H3/t46-,47+,48-,49+,50+/m1/s1.